The maximum Gasteiger partial charge on any atom is 0.407 e. The number of nitrogens with one attached hydrogen (secondary N) is 4. The Balaban J connectivity index is 1.33. The summed E-state index contributed by atoms with van der Waals surface area (Å²) < 4.78 is 5.51. The molecule has 1 aliphatic carbocycles. The lowest BCUT2D eigenvalue weighted by molar-refractivity contribution is -0.117. The molecule has 0 spiro atoms. The van der Waals surface area contributed by atoms with Gasteiger partial charge in [-0.25, -0.2) is 9.59 Å². The van der Waals surface area contributed by atoms with E-state index in [4.69, 9.17) is 4.74 Å². The predicted molar refractivity (Wildman–Crippen MR) is 151 cm³/mol. The second-order valence-electron chi connectivity index (χ2n) is 10.8. The number of hydrogen-bond acceptors (Lipinski definition) is 4. The molecule has 4 amide bonds. The average Bonchev–Trinajstić information content (AvgIpc) is 3.66. The Morgan fingerprint density at radius 1 is 0.872 bits per heavy atom. The number of urea groups is 1. The zero-order chi connectivity index (χ0) is 27.8. The van der Waals surface area contributed by atoms with Crippen molar-refractivity contribution < 1.29 is 19.1 Å². The van der Waals surface area contributed by atoms with E-state index in [1.54, 1.807) is 0 Å². The van der Waals surface area contributed by atoms with Crippen LogP contribution in [0.1, 0.15) is 49.8 Å². The summed E-state index contributed by atoms with van der Waals surface area (Å²) in [6, 6.07) is 25.5. The number of carbonyl (C=O) groups excluding carboxylic acids is 3. The Bertz CT molecular complexity index is 1260. The summed E-state index contributed by atoms with van der Waals surface area (Å²) in [5, 5.41) is 11.4. The zero-order valence-electron chi connectivity index (χ0n) is 22.6. The summed E-state index contributed by atoms with van der Waals surface area (Å²) in [4.78, 5) is 37.9. The number of alkyl carbamates (subject to hydrolysis) is 1. The van der Waals surface area contributed by atoms with Gasteiger partial charge in [-0.15, -0.1) is 0 Å². The third-order valence-electron chi connectivity index (χ3n) is 6.27. The van der Waals surface area contributed by atoms with Crippen LogP contribution in [-0.4, -0.2) is 35.7 Å². The highest BCUT2D eigenvalue weighted by atomic mass is 16.6. The van der Waals surface area contributed by atoms with Crippen molar-refractivity contribution in [2.75, 3.05) is 5.32 Å². The fraction of sp³-hybridized carbons (Fsp3) is 0.323. The number of carbonyl (C=O) groups is 3. The van der Waals surface area contributed by atoms with Crippen molar-refractivity contribution in [3.05, 3.63) is 102 Å². The van der Waals surface area contributed by atoms with Crippen molar-refractivity contribution in [1.29, 1.82) is 0 Å². The van der Waals surface area contributed by atoms with Crippen molar-refractivity contribution in [3.63, 3.8) is 0 Å². The van der Waals surface area contributed by atoms with E-state index in [1.165, 1.54) is 0 Å². The standard InChI is InChI=1S/C31H36N4O4/c1-31(2,3)35-30(38)39-27-19-25(27)23-14-16-24(17-15-23)33-28(36)26(18-21-10-6-4-7-11-21)34-29(37)32-20-22-12-8-5-9-13-22/h4-17,25-27H,18-20H2,1-3H3,(H,33,36)(H,35,38)(H2,32,34,37). The first kappa shape index (κ1) is 27.7. The molecule has 39 heavy (non-hydrogen) atoms. The normalized spacial score (nSPS) is 16.9. The Labute approximate surface area is 229 Å². The molecule has 0 heterocycles. The van der Waals surface area contributed by atoms with Crippen LogP contribution >= 0.6 is 0 Å². The number of ether oxygens (including phenoxy) is 1. The Morgan fingerprint density at radius 3 is 2.10 bits per heavy atom. The molecule has 0 radical (unpaired) electrons. The summed E-state index contributed by atoms with van der Waals surface area (Å²) in [5.41, 5.74) is 3.22. The van der Waals surface area contributed by atoms with Crippen LogP contribution in [0.2, 0.25) is 0 Å². The Hall–Kier alpha value is -4.33. The van der Waals surface area contributed by atoms with Gasteiger partial charge in [0.1, 0.15) is 12.1 Å². The van der Waals surface area contributed by atoms with Gasteiger partial charge in [-0.05, 0) is 56.0 Å². The van der Waals surface area contributed by atoms with Crippen LogP contribution in [0.5, 0.6) is 0 Å². The summed E-state index contributed by atoms with van der Waals surface area (Å²) in [7, 11) is 0. The van der Waals surface area contributed by atoms with Gasteiger partial charge in [0, 0.05) is 30.1 Å². The van der Waals surface area contributed by atoms with Crippen molar-refractivity contribution in [2.24, 2.45) is 0 Å². The van der Waals surface area contributed by atoms with Crippen LogP contribution in [0.15, 0.2) is 84.9 Å². The number of rotatable bonds is 9. The molecular formula is C31H36N4O4. The van der Waals surface area contributed by atoms with Gasteiger partial charge in [-0.2, -0.15) is 0 Å². The number of benzene rings is 3. The molecule has 3 aromatic carbocycles. The second-order valence-corrected chi connectivity index (χ2v) is 10.8. The fourth-order valence-electron chi connectivity index (χ4n) is 4.22. The topological polar surface area (TPSA) is 109 Å². The van der Waals surface area contributed by atoms with Crippen LogP contribution < -0.4 is 21.3 Å². The lowest BCUT2D eigenvalue weighted by Crippen LogP contribution is -2.49. The molecule has 8 heteroatoms. The van der Waals surface area contributed by atoms with E-state index in [2.05, 4.69) is 21.3 Å². The predicted octanol–water partition coefficient (Wildman–Crippen LogP) is 5.12. The number of anilines is 1. The van der Waals surface area contributed by atoms with E-state index < -0.39 is 18.2 Å². The monoisotopic (exact) mass is 528 g/mol. The van der Waals surface area contributed by atoms with Crippen LogP contribution in [0.25, 0.3) is 0 Å². The van der Waals surface area contributed by atoms with E-state index >= 15 is 0 Å². The van der Waals surface area contributed by atoms with Crippen molar-refractivity contribution in [2.45, 2.75) is 63.8 Å². The van der Waals surface area contributed by atoms with Crippen molar-refractivity contribution in [1.82, 2.24) is 16.0 Å². The van der Waals surface area contributed by atoms with Crippen LogP contribution in [-0.2, 0) is 22.5 Å². The van der Waals surface area contributed by atoms with Crippen molar-refractivity contribution in [3.8, 4) is 0 Å². The summed E-state index contributed by atoms with van der Waals surface area (Å²) >= 11 is 0. The molecule has 8 nitrogen and oxygen atoms in total. The largest absolute Gasteiger partial charge is 0.446 e. The van der Waals surface area contributed by atoms with Gasteiger partial charge in [0.2, 0.25) is 5.91 Å². The van der Waals surface area contributed by atoms with E-state index in [9.17, 15) is 14.4 Å². The van der Waals surface area contributed by atoms with Gasteiger partial charge in [0.15, 0.2) is 0 Å². The summed E-state index contributed by atoms with van der Waals surface area (Å²) in [5.74, 6) is -0.172. The van der Waals surface area contributed by atoms with E-state index in [-0.39, 0.29) is 23.5 Å². The highest BCUT2D eigenvalue weighted by Crippen LogP contribution is 2.43. The van der Waals surface area contributed by atoms with Gasteiger partial charge in [-0.3, -0.25) is 4.79 Å². The number of hydrogen-bond donors (Lipinski definition) is 4. The molecule has 0 aromatic heterocycles. The van der Waals surface area contributed by atoms with E-state index in [1.807, 2.05) is 106 Å². The Morgan fingerprint density at radius 2 is 1.49 bits per heavy atom. The molecule has 1 saturated carbocycles. The molecule has 4 N–H and O–H groups in total. The van der Waals surface area contributed by atoms with Crippen LogP contribution in [0, 0.1) is 0 Å². The summed E-state index contributed by atoms with van der Waals surface area (Å²) in [6.07, 6.45) is 0.552. The molecule has 3 aromatic rings. The molecule has 0 aliphatic heterocycles. The minimum Gasteiger partial charge on any atom is -0.446 e. The lowest BCUT2D eigenvalue weighted by Gasteiger charge is -2.20. The van der Waals surface area contributed by atoms with Gasteiger partial charge >= 0.3 is 12.1 Å². The molecule has 3 unspecified atom stereocenters. The van der Waals surface area contributed by atoms with Crippen LogP contribution in [0.3, 0.4) is 0 Å². The summed E-state index contributed by atoms with van der Waals surface area (Å²) in [6.45, 7) is 6.08. The molecule has 0 bridgehead atoms. The molecular weight excluding hydrogens is 492 g/mol. The molecule has 204 valence electrons. The minimum atomic E-state index is -0.773. The maximum absolute atomic E-state index is 13.2. The quantitative estimate of drug-likeness (QED) is 0.309. The van der Waals surface area contributed by atoms with Crippen molar-refractivity contribution >= 4 is 23.7 Å². The van der Waals surface area contributed by atoms with Gasteiger partial charge in [0.05, 0.1) is 0 Å². The zero-order valence-corrected chi connectivity index (χ0v) is 22.6. The highest BCUT2D eigenvalue weighted by molar-refractivity contribution is 5.97. The maximum atomic E-state index is 13.2. The second kappa shape index (κ2) is 12.5. The van der Waals surface area contributed by atoms with Gasteiger partial charge < -0.3 is 26.0 Å². The first-order valence-electron chi connectivity index (χ1n) is 13.2. The van der Waals surface area contributed by atoms with E-state index in [0.717, 1.165) is 23.1 Å². The first-order chi connectivity index (χ1) is 18.7. The van der Waals surface area contributed by atoms with Gasteiger partial charge in [-0.1, -0.05) is 72.8 Å². The molecule has 0 saturated heterocycles. The molecule has 1 fully saturated rings. The highest BCUT2D eigenvalue weighted by Gasteiger charge is 2.42. The molecule has 3 atom stereocenters. The van der Waals surface area contributed by atoms with E-state index in [0.29, 0.717) is 18.7 Å². The SMILES string of the molecule is CC(C)(C)NC(=O)OC1CC1c1ccc(NC(=O)C(Cc2ccccc2)NC(=O)NCc2ccccc2)cc1. The number of amides is 4. The lowest BCUT2D eigenvalue weighted by atomic mass is 10.0. The Kier molecular flexibility index (Phi) is 8.86. The third-order valence-corrected chi connectivity index (χ3v) is 6.27. The smallest absolute Gasteiger partial charge is 0.407 e. The van der Waals surface area contributed by atoms with Gasteiger partial charge in [0.25, 0.3) is 0 Å². The molecule has 4 rings (SSSR count). The third kappa shape index (κ3) is 8.88. The fourth-order valence-corrected chi connectivity index (χ4v) is 4.22. The molecule has 1 aliphatic rings. The van der Waals surface area contributed by atoms with Crippen LogP contribution in [0.4, 0.5) is 15.3 Å². The first-order valence-corrected chi connectivity index (χ1v) is 13.2. The minimum absolute atomic E-state index is 0.140. The average molecular weight is 529 g/mol.